The van der Waals surface area contributed by atoms with E-state index in [0.717, 1.165) is 0 Å². The minimum atomic E-state index is -3.57. The molecule has 1 aliphatic rings. The zero-order valence-corrected chi connectivity index (χ0v) is 14.1. The molecule has 3 heterocycles. The van der Waals surface area contributed by atoms with E-state index in [4.69, 9.17) is 4.74 Å². The Balaban J connectivity index is 1.78. The molecular weight excluding hydrogens is 318 g/mol. The van der Waals surface area contributed by atoms with Crippen molar-refractivity contribution in [3.05, 3.63) is 29.7 Å². The van der Waals surface area contributed by atoms with Crippen LogP contribution in [0.5, 0.6) is 5.88 Å². The molecule has 8 nitrogen and oxygen atoms in total. The fraction of sp³-hybridized carbons (Fsp3) is 0.500. The molecule has 0 unspecified atom stereocenters. The summed E-state index contributed by atoms with van der Waals surface area (Å²) < 4.78 is 34.5. The lowest BCUT2D eigenvalue weighted by molar-refractivity contribution is 0.204. The molecule has 23 heavy (non-hydrogen) atoms. The Morgan fingerprint density at radius 3 is 2.74 bits per heavy atom. The number of aromatic nitrogens is 4. The average Bonchev–Trinajstić information content (AvgIpc) is 3.06. The summed E-state index contributed by atoms with van der Waals surface area (Å²) in [5.41, 5.74) is 1.16. The number of nitrogens with zero attached hydrogens (tertiary/aromatic N) is 5. The molecule has 124 valence electrons. The summed E-state index contributed by atoms with van der Waals surface area (Å²) in [6, 6.07) is 3.44. The molecular formula is C14H19N5O3S. The summed E-state index contributed by atoms with van der Waals surface area (Å²) >= 11 is 0. The molecule has 0 radical (unpaired) electrons. The van der Waals surface area contributed by atoms with Gasteiger partial charge in [0.2, 0.25) is 15.9 Å². The molecule has 1 saturated heterocycles. The van der Waals surface area contributed by atoms with E-state index in [1.807, 2.05) is 0 Å². The van der Waals surface area contributed by atoms with Crippen molar-refractivity contribution < 1.29 is 13.2 Å². The molecule has 0 N–H and O–H groups in total. The molecule has 0 bridgehead atoms. The molecule has 1 atom stereocenters. The molecule has 0 aliphatic carbocycles. The Morgan fingerprint density at radius 2 is 2.13 bits per heavy atom. The second-order valence-corrected chi connectivity index (χ2v) is 7.45. The van der Waals surface area contributed by atoms with E-state index < -0.39 is 10.0 Å². The summed E-state index contributed by atoms with van der Waals surface area (Å²) in [4.78, 5) is 0.292. The van der Waals surface area contributed by atoms with E-state index in [0.29, 0.717) is 41.7 Å². The van der Waals surface area contributed by atoms with E-state index in [2.05, 4.69) is 15.3 Å². The maximum absolute atomic E-state index is 12.9. The van der Waals surface area contributed by atoms with Gasteiger partial charge in [0.25, 0.3) is 0 Å². The highest BCUT2D eigenvalue weighted by atomic mass is 32.2. The van der Waals surface area contributed by atoms with Gasteiger partial charge < -0.3 is 4.74 Å². The van der Waals surface area contributed by atoms with E-state index in [-0.39, 0.29) is 6.10 Å². The minimum absolute atomic E-state index is 0.223. The monoisotopic (exact) mass is 337 g/mol. The molecule has 0 amide bonds. The smallest absolute Gasteiger partial charge is 0.246 e. The van der Waals surface area contributed by atoms with Crippen molar-refractivity contribution in [1.29, 1.82) is 0 Å². The predicted octanol–water partition coefficient (Wildman–Crippen LogP) is 0.669. The number of hydrogen-bond donors (Lipinski definition) is 0. The van der Waals surface area contributed by atoms with Gasteiger partial charge in [0.15, 0.2) is 0 Å². The van der Waals surface area contributed by atoms with Crippen LogP contribution in [0.3, 0.4) is 0 Å². The maximum Gasteiger partial charge on any atom is 0.246 e. The standard InChI is InChI=1S/C14H19N5O3S/c1-10-14(11(2)18(3)17-10)23(20,21)19-8-6-12(9-19)22-13-5-4-7-15-16-13/h4-5,7,12H,6,8-9H2,1-3H3/t12-/m0/s1. The highest BCUT2D eigenvalue weighted by Crippen LogP contribution is 2.27. The van der Waals surface area contributed by atoms with E-state index >= 15 is 0 Å². The summed E-state index contributed by atoms with van der Waals surface area (Å²) in [5.74, 6) is 0.408. The van der Waals surface area contributed by atoms with Crippen molar-refractivity contribution in [3.8, 4) is 5.88 Å². The zero-order valence-electron chi connectivity index (χ0n) is 13.3. The van der Waals surface area contributed by atoms with Gasteiger partial charge in [-0.1, -0.05) is 0 Å². The Kier molecular flexibility index (Phi) is 4.07. The Morgan fingerprint density at radius 1 is 1.35 bits per heavy atom. The molecule has 0 spiro atoms. The summed E-state index contributed by atoms with van der Waals surface area (Å²) in [6.07, 6.45) is 1.96. The van der Waals surface area contributed by atoms with Crippen LogP contribution in [-0.2, 0) is 17.1 Å². The summed E-state index contributed by atoms with van der Waals surface area (Å²) in [6.45, 7) is 4.19. The van der Waals surface area contributed by atoms with Gasteiger partial charge in [0.1, 0.15) is 11.0 Å². The fourth-order valence-electron chi connectivity index (χ4n) is 2.79. The Labute approximate surface area is 135 Å². The van der Waals surface area contributed by atoms with Crippen LogP contribution in [0.15, 0.2) is 23.2 Å². The highest BCUT2D eigenvalue weighted by Gasteiger charge is 2.36. The molecule has 0 saturated carbocycles. The van der Waals surface area contributed by atoms with Crippen LogP contribution < -0.4 is 4.74 Å². The molecule has 2 aromatic rings. The molecule has 2 aromatic heterocycles. The third-order valence-electron chi connectivity index (χ3n) is 3.98. The lowest BCUT2D eigenvalue weighted by Crippen LogP contribution is -2.31. The van der Waals surface area contributed by atoms with Gasteiger partial charge in [-0.05, 0) is 26.3 Å². The third-order valence-corrected chi connectivity index (χ3v) is 6.10. The van der Waals surface area contributed by atoms with Crippen LogP contribution in [0.25, 0.3) is 0 Å². The van der Waals surface area contributed by atoms with Gasteiger partial charge in [0.05, 0.1) is 17.9 Å². The van der Waals surface area contributed by atoms with Gasteiger partial charge in [-0.2, -0.15) is 14.5 Å². The van der Waals surface area contributed by atoms with Crippen molar-refractivity contribution >= 4 is 10.0 Å². The van der Waals surface area contributed by atoms with Gasteiger partial charge >= 0.3 is 0 Å². The minimum Gasteiger partial charge on any atom is -0.472 e. The first-order valence-corrected chi connectivity index (χ1v) is 8.78. The number of ether oxygens (including phenoxy) is 1. The zero-order chi connectivity index (χ0) is 16.6. The average molecular weight is 337 g/mol. The van der Waals surface area contributed by atoms with Gasteiger partial charge in [0, 0.05) is 25.9 Å². The largest absolute Gasteiger partial charge is 0.472 e. The van der Waals surface area contributed by atoms with Gasteiger partial charge in [-0.25, -0.2) is 8.42 Å². The molecule has 1 fully saturated rings. The predicted molar refractivity (Wildman–Crippen MR) is 82.5 cm³/mol. The highest BCUT2D eigenvalue weighted by molar-refractivity contribution is 7.89. The number of sulfonamides is 1. The fourth-order valence-corrected chi connectivity index (χ4v) is 4.68. The van der Waals surface area contributed by atoms with Crippen molar-refractivity contribution in [2.24, 2.45) is 7.05 Å². The Hall–Kier alpha value is -2.00. The van der Waals surface area contributed by atoms with E-state index in [1.165, 1.54) is 4.31 Å². The van der Waals surface area contributed by atoms with Crippen molar-refractivity contribution in [1.82, 2.24) is 24.3 Å². The molecule has 9 heteroatoms. The molecule has 0 aromatic carbocycles. The molecule has 3 rings (SSSR count). The summed E-state index contributed by atoms with van der Waals surface area (Å²) in [5, 5.41) is 11.8. The second kappa shape index (κ2) is 5.89. The SMILES string of the molecule is Cc1nn(C)c(C)c1S(=O)(=O)N1CC[C@H](Oc2cccnn2)C1. The normalized spacial score (nSPS) is 19.2. The number of aryl methyl sites for hydroxylation is 2. The topological polar surface area (TPSA) is 90.2 Å². The van der Waals surface area contributed by atoms with Crippen molar-refractivity contribution in [2.45, 2.75) is 31.3 Å². The van der Waals surface area contributed by atoms with Crippen LogP contribution >= 0.6 is 0 Å². The van der Waals surface area contributed by atoms with Crippen LogP contribution in [0.1, 0.15) is 17.8 Å². The second-order valence-electron chi connectivity index (χ2n) is 5.58. The first kappa shape index (κ1) is 15.9. The van der Waals surface area contributed by atoms with Crippen LogP contribution in [-0.4, -0.2) is 51.9 Å². The van der Waals surface area contributed by atoms with E-state index in [9.17, 15) is 8.42 Å². The summed E-state index contributed by atoms with van der Waals surface area (Å²) in [7, 11) is -1.83. The van der Waals surface area contributed by atoms with Crippen LogP contribution in [0.2, 0.25) is 0 Å². The lowest BCUT2D eigenvalue weighted by Gasteiger charge is -2.17. The van der Waals surface area contributed by atoms with Crippen LogP contribution in [0, 0.1) is 13.8 Å². The molecule has 1 aliphatic heterocycles. The van der Waals surface area contributed by atoms with Gasteiger partial charge in [-0.3, -0.25) is 4.68 Å². The van der Waals surface area contributed by atoms with E-state index in [1.54, 1.807) is 43.9 Å². The first-order valence-electron chi connectivity index (χ1n) is 7.34. The third kappa shape index (κ3) is 2.93. The number of rotatable bonds is 4. The maximum atomic E-state index is 12.9. The Bertz CT molecular complexity index is 803. The van der Waals surface area contributed by atoms with Gasteiger partial charge in [-0.15, -0.1) is 5.10 Å². The first-order chi connectivity index (χ1) is 10.9. The quantitative estimate of drug-likeness (QED) is 0.814. The van der Waals surface area contributed by atoms with Crippen molar-refractivity contribution in [2.75, 3.05) is 13.1 Å². The van der Waals surface area contributed by atoms with Crippen molar-refractivity contribution in [3.63, 3.8) is 0 Å². The lowest BCUT2D eigenvalue weighted by atomic mass is 10.3. The number of hydrogen-bond acceptors (Lipinski definition) is 6. The van der Waals surface area contributed by atoms with Crippen LogP contribution in [0.4, 0.5) is 0 Å².